The number of ether oxygens (including phenoxy) is 1. The number of aromatic nitrogens is 3. The van der Waals surface area contributed by atoms with Crippen LogP contribution in [0.1, 0.15) is 24.1 Å². The van der Waals surface area contributed by atoms with Crippen molar-refractivity contribution in [2.24, 2.45) is 0 Å². The molecule has 28 heavy (non-hydrogen) atoms. The maximum Gasteiger partial charge on any atom is 0.255 e. The Morgan fingerprint density at radius 3 is 2.71 bits per heavy atom. The molecule has 1 unspecified atom stereocenters. The molecule has 0 aliphatic carbocycles. The van der Waals surface area contributed by atoms with Crippen LogP contribution < -0.4 is 15.4 Å². The summed E-state index contributed by atoms with van der Waals surface area (Å²) in [6, 6.07) is 14.9. The highest BCUT2D eigenvalue weighted by Crippen LogP contribution is 2.36. The third-order valence-corrected chi connectivity index (χ3v) is 4.76. The first kappa shape index (κ1) is 17.8. The van der Waals surface area contributed by atoms with Gasteiger partial charge in [0.25, 0.3) is 5.91 Å². The van der Waals surface area contributed by atoms with Crippen molar-refractivity contribution in [3.63, 3.8) is 0 Å². The van der Waals surface area contributed by atoms with Gasteiger partial charge in [-0.15, -0.1) is 0 Å². The van der Waals surface area contributed by atoms with E-state index in [1.54, 1.807) is 11.8 Å². The van der Waals surface area contributed by atoms with Gasteiger partial charge in [0.2, 0.25) is 5.95 Å². The van der Waals surface area contributed by atoms with Gasteiger partial charge in [0.1, 0.15) is 18.1 Å². The fourth-order valence-electron chi connectivity index (χ4n) is 3.34. The summed E-state index contributed by atoms with van der Waals surface area (Å²) in [7, 11) is 1.62. The van der Waals surface area contributed by atoms with Crippen molar-refractivity contribution in [1.29, 1.82) is 0 Å². The Bertz CT molecular complexity index is 1050. The summed E-state index contributed by atoms with van der Waals surface area (Å²) in [5.41, 5.74) is 4.07. The number of amides is 1. The zero-order valence-corrected chi connectivity index (χ0v) is 15.9. The molecule has 0 spiro atoms. The van der Waals surface area contributed by atoms with Gasteiger partial charge in [-0.3, -0.25) is 4.79 Å². The van der Waals surface area contributed by atoms with Crippen LogP contribution in [0.3, 0.4) is 0 Å². The molecule has 7 nitrogen and oxygen atoms in total. The van der Waals surface area contributed by atoms with Crippen LogP contribution in [0.4, 0.5) is 11.6 Å². The Kier molecular flexibility index (Phi) is 4.57. The highest BCUT2D eigenvalue weighted by atomic mass is 16.5. The number of rotatable bonds is 4. The van der Waals surface area contributed by atoms with Crippen molar-refractivity contribution >= 4 is 17.5 Å². The highest BCUT2D eigenvalue weighted by molar-refractivity contribution is 6.06. The zero-order chi connectivity index (χ0) is 19.7. The number of aryl methyl sites for hydroxylation is 1. The lowest BCUT2D eigenvalue weighted by atomic mass is 9.95. The Morgan fingerprint density at radius 1 is 1.18 bits per heavy atom. The van der Waals surface area contributed by atoms with Crippen LogP contribution in [0.2, 0.25) is 0 Å². The lowest BCUT2D eigenvalue weighted by molar-refractivity contribution is -0.113. The number of benzene rings is 2. The van der Waals surface area contributed by atoms with Gasteiger partial charge < -0.3 is 15.4 Å². The summed E-state index contributed by atoms with van der Waals surface area (Å²) in [5.74, 6) is 1.12. The number of allylic oxidation sites excluding steroid dienone is 1. The van der Waals surface area contributed by atoms with E-state index in [2.05, 4.69) is 20.7 Å². The summed E-state index contributed by atoms with van der Waals surface area (Å²) in [6.45, 7) is 3.88. The molecular weight excluding hydrogens is 354 g/mol. The van der Waals surface area contributed by atoms with Crippen molar-refractivity contribution in [3.05, 3.63) is 77.3 Å². The SMILES string of the molecule is COc1cccc(C2C(C(=O)Nc3ccc(C)cc3)=C(C)Nc3ncnn32)c1. The molecule has 4 rings (SSSR count). The molecule has 1 amide bonds. The smallest absolute Gasteiger partial charge is 0.255 e. The average Bonchev–Trinajstić information content (AvgIpc) is 3.16. The number of carbonyl (C=O) groups excluding carboxylic acids is 1. The van der Waals surface area contributed by atoms with Crippen LogP contribution in [0.25, 0.3) is 0 Å². The monoisotopic (exact) mass is 375 g/mol. The fraction of sp³-hybridized carbons (Fsp3) is 0.190. The second-order valence-corrected chi connectivity index (χ2v) is 6.69. The van der Waals surface area contributed by atoms with Crippen molar-refractivity contribution in [3.8, 4) is 5.75 Å². The van der Waals surface area contributed by atoms with Gasteiger partial charge in [-0.25, -0.2) is 4.68 Å². The van der Waals surface area contributed by atoms with Crippen LogP contribution in [-0.4, -0.2) is 27.8 Å². The maximum atomic E-state index is 13.2. The highest BCUT2D eigenvalue weighted by Gasteiger charge is 2.33. The summed E-state index contributed by atoms with van der Waals surface area (Å²) < 4.78 is 7.08. The van der Waals surface area contributed by atoms with E-state index in [1.807, 2.05) is 62.4 Å². The van der Waals surface area contributed by atoms with E-state index in [9.17, 15) is 4.79 Å². The van der Waals surface area contributed by atoms with Gasteiger partial charge in [0.15, 0.2) is 0 Å². The van der Waals surface area contributed by atoms with Gasteiger partial charge in [0, 0.05) is 11.4 Å². The molecule has 0 saturated carbocycles. The molecule has 1 aromatic heterocycles. The van der Waals surface area contributed by atoms with Crippen LogP contribution >= 0.6 is 0 Å². The van der Waals surface area contributed by atoms with Crippen molar-refractivity contribution in [2.75, 3.05) is 17.7 Å². The van der Waals surface area contributed by atoms with Gasteiger partial charge in [-0.1, -0.05) is 29.8 Å². The number of hydrogen-bond acceptors (Lipinski definition) is 5. The quantitative estimate of drug-likeness (QED) is 0.729. The summed E-state index contributed by atoms with van der Waals surface area (Å²) in [4.78, 5) is 17.5. The third kappa shape index (κ3) is 3.22. The topological polar surface area (TPSA) is 81.1 Å². The first-order chi connectivity index (χ1) is 13.6. The van der Waals surface area contributed by atoms with E-state index in [0.29, 0.717) is 17.3 Å². The number of anilines is 2. The average molecular weight is 375 g/mol. The lowest BCUT2D eigenvalue weighted by Gasteiger charge is -2.29. The molecule has 7 heteroatoms. The zero-order valence-electron chi connectivity index (χ0n) is 15.9. The molecule has 3 aromatic rings. The molecule has 0 radical (unpaired) electrons. The first-order valence-corrected chi connectivity index (χ1v) is 8.96. The minimum atomic E-state index is -0.417. The van der Waals surface area contributed by atoms with E-state index >= 15 is 0 Å². The number of methoxy groups -OCH3 is 1. The number of nitrogens with zero attached hydrogens (tertiary/aromatic N) is 3. The minimum Gasteiger partial charge on any atom is -0.497 e. The predicted octanol–water partition coefficient (Wildman–Crippen LogP) is 3.52. The first-order valence-electron chi connectivity index (χ1n) is 8.96. The molecule has 1 aliphatic heterocycles. The second kappa shape index (κ2) is 7.19. The Morgan fingerprint density at radius 2 is 1.96 bits per heavy atom. The number of hydrogen-bond donors (Lipinski definition) is 2. The van der Waals surface area contributed by atoms with Crippen molar-refractivity contribution in [2.45, 2.75) is 19.9 Å². The van der Waals surface area contributed by atoms with Crippen LogP contribution in [-0.2, 0) is 4.79 Å². The van der Waals surface area contributed by atoms with Gasteiger partial charge in [0.05, 0.1) is 12.7 Å². The van der Waals surface area contributed by atoms with E-state index in [4.69, 9.17) is 4.74 Å². The Hall–Kier alpha value is -3.61. The molecule has 2 aromatic carbocycles. The van der Waals surface area contributed by atoms with E-state index in [0.717, 1.165) is 22.5 Å². The number of fused-ring (bicyclic) bond motifs is 1. The largest absolute Gasteiger partial charge is 0.497 e. The summed E-state index contributed by atoms with van der Waals surface area (Å²) in [5, 5.41) is 10.5. The van der Waals surface area contributed by atoms with E-state index in [-0.39, 0.29) is 5.91 Å². The summed E-state index contributed by atoms with van der Waals surface area (Å²) in [6.07, 6.45) is 1.48. The van der Waals surface area contributed by atoms with E-state index < -0.39 is 6.04 Å². The van der Waals surface area contributed by atoms with Crippen molar-refractivity contribution in [1.82, 2.24) is 14.8 Å². The standard InChI is InChI=1S/C21H21N5O2/c1-13-7-9-16(10-8-13)25-20(27)18-14(2)24-21-22-12-23-26(21)19(18)15-5-4-6-17(11-15)28-3/h4-12,19H,1-3H3,(H,25,27)(H,22,23,24). The minimum absolute atomic E-state index is 0.192. The van der Waals surface area contributed by atoms with E-state index in [1.165, 1.54) is 6.33 Å². The molecule has 2 heterocycles. The normalized spacial score (nSPS) is 15.6. The lowest BCUT2D eigenvalue weighted by Crippen LogP contribution is -2.31. The summed E-state index contributed by atoms with van der Waals surface area (Å²) >= 11 is 0. The molecule has 0 bridgehead atoms. The van der Waals surface area contributed by atoms with Crippen LogP contribution in [0.5, 0.6) is 5.75 Å². The third-order valence-electron chi connectivity index (χ3n) is 4.76. The fourth-order valence-corrected chi connectivity index (χ4v) is 3.34. The van der Waals surface area contributed by atoms with Crippen LogP contribution in [0, 0.1) is 6.92 Å². The Balaban J connectivity index is 1.76. The molecule has 0 saturated heterocycles. The molecule has 1 aliphatic rings. The second-order valence-electron chi connectivity index (χ2n) is 6.69. The molecule has 142 valence electrons. The van der Waals surface area contributed by atoms with Gasteiger partial charge in [-0.2, -0.15) is 10.1 Å². The molecule has 1 atom stereocenters. The Labute approximate surface area is 163 Å². The molecule has 0 fully saturated rings. The maximum absolute atomic E-state index is 13.2. The number of carbonyl (C=O) groups is 1. The number of nitrogens with one attached hydrogen (secondary N) is 2. The predicted molar refractivity (Wildman–Crippen MR) is 107 cm³/mol. The van der Waals surface area contributed by atoms with Crippen LogP contribution in [0.15, 0.2) is 66.1 Å². The van der Waals surface area contributed by atoms with Crippen molar-refractivity contribution < 1.29 is 9.53 Å². The van der Waals surface area contributed by atoms with Gasteiger partial charge >= 0.3 is 0 Å². The molecule has 2 N–H and O–H groups in total. The molecular formula is C21H21N5O2. The van der Waals surface area contributed by atoms with Gasteiger partial charge in [-0.05, 0) is 43.7 Å².